The first kappa shape index (κ1) is 24.2. The molecule has 1 unspecified atom stereocenters. The number of hydrazine groups is 1. The minimum atomic E-state index is -0.499. The number of hydrogen-bond acceptors (Lipinski definition) is 5. The van der Waals surface area contributed by atoms with Crippen LogP contribution < -0.4 is 39.2 Å². The zero-order valence-corrected chi connectivity index (χ0v) is 18.9. The molecule has 0 spiro atoms. The third kappa shape index (κ3) is 6.44. The number of carbonyl (C=O) groups is 2. The van der Waals surface area contributed by atoms with Gasteiger partial charge in [-0.15, -0.1) is 0 Å². The Labute approximate surface area is 188 Å². The lowest BCUT2D eigenvalue weighted by Crippen LogP contribution is -3.00. The fourth-order valence-electron chi connectivity index (χ4n) is 3.29. The van der Waals surface area contributed by atoms with Gasteiger partial charge >= 0.3 is 6.09 Å². The number of para-hydroxylation sites is 1. The van der Waals surface area contributed by atoms with E-state index in [1.54, 1.807) is 13.1 Å². The molecule has 3 N–H and O–H groups in total. The van der Waals surface area contributed by atoms with Crippen LogP contribution in [0.25, 0.3) is 5.57 Å². The number of rotatable bonds is 6. The van der Waals surface area contributed by atoms with Gasteiger partial charge in [-0.2, -0.15) is 0 Å². The lowest BCUT2D eigenvalue weighted by atomic mass is 9.87. The molecule has 0 fully saturated rings. The smallest absolute Gasteiger partial charge is 0.411 e. The van der Waals surface area contributed by atoms with E-state index >= 15 is 0 Å². The summed E-state index contributed by atoms with van der Waals surface area (Å²) in [5, 5.41) is 4.63. The van der Waals surface area contributed by atoms with Crippen LogP contribution in [0.5, 0.6) is 0 Å². The van der Waals surface area contributed by atoms with Crippen LogP contribution in [-0.4, -0.2) is 50.8 Å². The summed E-state index contributed by atoms with van der Waals surface area (Å²) in [4.78, 5) is 28.6. The minimum Gasteiger partial charge on any atom is -1.00 e. The molecule has 1 aliphatic carbocycles. The van der Waals surface area contributed by atoms with E-state index in [1.165, 1.54) is 0 Å². The van der Waals surface area contributed by atoms with Gasteiger partial charge < -0.3 is 27.1 Å². The fraction of sp³-hybridized carbons (Fsp3) is 0.318. The van der Waals surface area contributed by atoms with E-state index in [-0.39, 0.29) is 24.2 Å². The summed E-state index contributed by atoms with van der Waals surface area (Å²) in [5.41, 5.74) is 7.99. The van der Waals surface area contributed by atoms with Crippen molar-refractivity contribution in [3.63, 3.8) is 0 Å². The predicted molar refractivity (Wildman–Crippen MR) is 114 cm³/mol. The molecule has 166 valence electrons. The number of quaternary nitrogens is 1. The number of benzene rings is 1. The third-order valence-corrected chi connectivity index (χ3v) is 4.48. The summed E-state index contributed by atoms with van der Waals surface area (Å²) >= 11 is 0. The number of nitrogens with one attached hydrogen (secondary N) is 3. The van der Waals surface area contributed by atoms with E-state index in [1.807, 2.05) is 63.6 Å². The number of amides is 2. The van der Waals surface area contributed by atoms with Crippen LogP contribution in [-0.2, 0) is 9.53 Å². The zero-order valence-electron chi connectivity index (χ0n) is 18.1. The Balaban J connectivity index is 0.00000341. The van der Waals surface area contributed by atoms with E-state index in [0.29, 0.717) is 23.3 Å². The molecule has 31 heavy (non-hydrogen) atoms. The van der Waals surface area contributed by atoms with Gasteiger partial charge in [0.15, 0.2) is 6.54 Å². The number of likely N-dealkylation sites (N-methyl/N-ethyl adjacent to an activating group) is 1. The summed E-state index contributed by atoms with van der Waals surface area (Å²) in [6.45, 7) is 2.40. The minimum absolute atomic E-state index is 0. The van der Waals surface area contributed by atoms with Crippen molar-refractivity contribution in [3.05, 3.63) is 70.7 Å². The number of halogens is 1. The van der Waals surface area contributed by atoms with Crippen molar-refractivity contribution in [3.8, 4) is 0 Å². The van der Waals surface area contributed by atoms with Crippen molar-refractivity contribution >= 4 is 17.6 Å². The van der Waals surface area contributed by atoms with Crippen molar-refractivity contribution < 1.29 is 31.2 Å². The Morgan fingerprint density at radius 2 is 1.94 bits per heavy atom. The molecule has 1 heterocycles. The summed E-state index contributed by atoms with van der Waals surface area (Å²) in [6, 6.07) is 7.88. The van der Waals surface area contributed by atoms with Crippen LogP contribution in [0.4, 0.5) is 4.79 Å². The molecule has 2 amide bonds. The predicted octanol–water partition coefficient (Wildman–Crippen LogP) is -2.54. The third-order valence-electron chi connectivity index (χ3n) is 4.48. The first-order valence-corrected chi connectivity index (χ1v) is 9.83. The van der Waals surface area contributed by atoms with Crippen LogP contribution in [0.15, 0.2) is 65.1 Å². The van der Waals surface area contributed by atoms with Gasteiger partial charge in [0.1, 0.15) is 0 Å². The molecule has 0 bridgehead atoms. The van der Waals surface area contributed by atoms with Crippen LogP contribution in [0.3, 0.4) is 0 Å². The van der Waals surface area contributed by atoms with E-state index < -0.39 is 6.09 Å². The number of fused-ring (bicyclic) bond motifs is 2. The molecule has 3 rings (SSSR count). The van der Waals surface area contributed by atoms with Crippen molar-refractivity contribution in [1.82, 2.24) is 16.2 Å². The van der Waals surface area contributed by atoms with Crippen LogP contribution in [0.1, 0.15) is 6.92 Å². The molecule has 9 heteroatoms. The van der Waals surface area contributed by atoms with Crippen LogP contribution >= 0.6 is 0 Å². The number of allylic oxidation sites excluding steroid dienone is 3. The maximum Gasteiger partial charge on any atom is 0.411 e. The number of hydrogen-bond donors (Lipinski definition) is 3. The average molecular weight is 446 g/mol. The topological polar surface area (TPSA) is 91.8 Å². The van der Waals surface area contributed by atoms with Gasteiger partial charge in [-0.05, 0) is 30.7 Å². The first-order valence-electron chi connectivity index (χ1n) is 9.83. The van der Waals surface area contributed by atoms with Crippen LogP contribution in [0, 0.1) is 5.92 Å². The van der Waals surface area contributed by atoms with Gasteiger partial charge in [-0.25, -0.2) is 4.79 Å². The van der Waals surface area contributed by atoms with Gasteiger partial charge in [0.05, 0.1) is 38.8 Å². The van der Waals surface area contributed by atoms with E-state index in [4.69, 9.17) is 9.73 Å². The maximum atomic E-state index is 12.1. The largest absolute Gasteiger partial charge is 1.00 e. The second-order valence-electron chi connectivity index (χ2n) is 8.07. The Morgan fingerprint density at radius 1 is 1.19 bits per heavy atom. The molecule has 2 aliphatic rings. The Hall–Kier alpha value is -3.10. The molecule has 0 saturated carbocycles. The summed E-state index contributed by atoms with van der Waals surface area (Å²) in [5.74, 6) is -0.298. The highest BCUT2D eigenvalue weighted by molar-refractivity contribution is 5.77. The normalized spacial score (nSPS) is 17.9. The lowest BCUT2D eigenvalue weighted by molar-refractivity contribution is -0.862. The van der Waals surface area contributed by atoms with Crippen molar-refractivity contribution in [2.45, 2.75) is 6.92 Å². The van der Waals surface area contributed by atoms with Gasteiger partial charge in [0.2, 0.25) is 0 Å². The molecule has 1 atom stereocenters. The number of carbonyl (C=O) groups excluding carboxylic acids is 2. The number of alkyl carbamates (subject to hydrolysis) is 1. The highest BCUT2D eigenvalue weighted by atomic mass is 35.5. The molecule has 0 aromatic heterocycles. The molecular weight excluding hydrogens is 418 g/mol. The molecule has 1 aromatic rings. The number of ether oxygens (including phenoxy) is 1. The fourth-order valence-corrected chi connectivity index (χ4v) is 3.29. The van der Waals surface area contributed by atoms with Gasteiger partial charge in [-0.1, -0.05) is 24.3 Å². The Morgan fingerprint density at radius 3 is 2.65 bits per heavy atom. The molecular formula is C22H28ClN5O3. The SMILES string of the molecule is CCOC(=O)NC1=CC2C(=c3ccccc3=N/C2=C\NNC(=O)C[N+](C)(C)C)C=C1.[Cl-]. The van der Waals surface area contributed by atoms with Crippen molar-refractivity contribution in [2.24, 2.45) is 10.9 Å². The maximum absolute atomic E-state index is 12.1. The Bertz CT molecular complexity index is 1050. The highest BCUT2D eigenvalue weighted by Crippen LogP contribution is 2.29. The lowest BCUT2D eigenvalue weighted by Gasteiger charge is -2.24. The summed E-state index contributed by atoms with van der Waals surface area (Å²) in [6.07, 6.45) is 6.93. The zero-order chi connectivity index (χ0) is 21.7. The van der Waals surface area contributed by atoms with Gasteiger partial charge in [0, 0.05) is 23.0 Å². The molecule has 8 nitrogen and oxygen atoms in total. The summed E-state index contributed by atoms with van der Waals surface area (Å²) in [7, 11) is 5.84. The van der Waals surface area contributed by atoms with Crippen LogP contribution in [0.2, 0.25) is 0 Å². The highest BCUT2D eigenvalue weighted by Gasteiger charge is 2.24. The van der Waals surface area contributed by atoms with Crippen molar-refractivity contribution in [2.75, 3.05) is 34.3 Å². The van der Waals surface area contributed by atoms with Gasteiger partial charge in [0.25, 0.3) is 5.91 Å². The van der Waals surface area contributed by atoms with E-state index in [2.05, 4.69) is 16.2 Å². The quantitative estimate of drug-likeness (QED) is 0.332. The van der Waals surface area contributed by atoms with E-state index in [9.17, 15) is 9.59 Å². The molecule has 1 aliphatic heterocycles. The van der Waals surface area contributed by atoms with Gasteiger partial charge in [-0.3, -0.25) is 20.5 Å². The first-order chi connectivity index (χ1) is 14.3. The second-order valence-corrected chi connectivity index (χ2v) is 8.07. The second kappa shape index (κ2) is 10.3. The monoisotopic (exact) mass is 445 g/mol. The summed E-state index contributed by atoms with van der Waals surface area (Å²) < 4.78 is 5.49. The molecule has 1 aromatic carbocycles. The number of nitrogens with zero attached hydrogens (tertiary/aromatic N) is 2. The molecule has 0 saturated heterocycles. The molecule has 0 radical (unpaired) electrons. The standard InChI is InChI=1S/C22H27N5O3.ClH/c1-5-30-22(29)24-15-10-11-16-17-8-6-7-9-19(17)25-20(18(16)12-15)13-23-26-21(28)14-27(2,3)4;/h6-13,18,23H,5,14H2,1-4H3,(H-,24,26,28,29);1H/b20-13-;. The van der Waals surface area contributed by atoms with E-state index in [0.717, 1.165) is 21.8 Å². The average Bonchev–Trinajstić information content (AvgIpc) is 2.66. The van der Waals surface area contributed by atoms with Crippen molar-refractivity contribution in [1.29, 1.82) is 0 Å². The Kier molecular flexibility index (Phi) is 8.01.